The molecule has 0 spiro atoms. The quantitative estimate of drug-likeness (QED) is 0.463. The molecule has 4 heterocycles. The summed E-state index contributed by atoms with van der Waals surface area (Å²) in [5, 5.41) is 31.1. The summed E-state index contributed by atoms with van der Waals surface area (Å²) >= 11 is 0. The second-order valence-corrected chi connectivity index (χ2v) is 7.23. The summed E-state index contributed by atoms with van der Waals surface area (Å²) in [6, 6.07) is 5.38. The van der Waals surface area contributed by atoms with Crippen LogP contribution in [-0.4, -0.2) is 64.5 Å². The van der Waals surface area contributed by atoms with Gasteiger partial charge in [0.1, 0.15) is 6.61 Å². The van der Waals surface area contributed by atoms with Gasteiger partial charge in [0.2, 0.25) is 0 Å². The third-order valence-electron chi connectivity index (χ3n) is 4.17. The predicted molar refractivity (Wildman–Crippen MR) is 117 cm³/mol. The van der Waals surface area contributed by atoms with Crippen LogP contribution in [0.15, 0.2) is 55.4 Å². The Hall–Kier alpha value is -3.96. The first-order valence-electron chi connectivity index (χ1n) is 10.2. The number of hydrogen-bond acceptors (Lipinski definition) is 7. The van der Waals surface area contributed by atoms with E-state index in [1.807, 2.05) is 13.0 Å². The molecule has 0 bridgehead atoms. The minimum absolute atomic E-state index is 0.0602. The Morgan fingerprint density at radius 3 is 1.70 bits per heavy atom. The number of carboxylic acid groups (broad SMARTS) is 2. The first-order chi connectivity index (χ1) is 15.7. The molecule has 1 fully saturated rings. The largest absolute Gasteiger partial charge is 0.481 e. The summed E-state index contributed by atoms with van der Waals surface area (Å²) in [5.41, 5.74) is 0. The van der Waals surface area contributed by atoms with Crippen molar-refractivity contribution in [2.75, 3.05) is 6.61 Å². The van der Waals surface area contributed by atoms with E-state index in [4.69, 9.17) is 10.2 Å². The second kappa shape index (κ2) is 14.9. The van der Waals surface area contributed by atoms with Gasteiger partial charge in [0.15, 0.2) is 0 Å². The maximum Gasteiger partial charge on any atom is 0.312 e. The molecule has 3 atom stereocenters. The molecule has 0 radical (unpaired) electrons. The van der Waals surface area contributed by atoms with E-state index in [0.717, 1.165) is 0 Å². The van der Waals surface area contributed by atoms with Gasteiger partial charge in [-0.2, -0.15) is 15.3 Å². The molecular formula is C21H30N6O6. The van der Waals surface area contributed by atoms with Gasteiger partial charge in [-0.25, -0.2) is 0 Å². The van der Waals surface area contributed by atoms with Crippen LogP contribution >= 0.6 is 0 Å². The van der Waals surface area contributed by atoms with Crippen molar-refractivity contribution in [1.29, 1.82) is 0 Å². The van der Waals surface area contributed by atoms with Crippen LogP contribution in [-0.2, 0) is 32.2 Å². The summed E-state index contributed by atoms with van der Waals surface area (Å²) in [4.78, 5) is 30.8. The van der Waals surface area contributed by atoms with Crippen molar-refractivity contribution in [3.63, 3.8) is 0 Å². The third-order valence-corrected chi connectivity index (χ3v) is 4.17. The second-order valence-electron chi connectivity index (χ2n) is 7.23. The zero-order chi connectivity index (χ0) is 24.6. The lowest BCUT2D eigenvalue weighted by Crippen LogP contribution is -2.31. The van der Waals surface area contributed by atoms with Crippen LogP contribution in [0.4, 0.5) is 0 Å². The molecule has 1 aliphatic rings. The number of esters is 1. The van der Waals surface area contributed by atoms with Crippen LogP contribution in [0.25, 0.3) is 0 Å². The molecule has 0 aromatic carbocycles. The van der Waals surface area contributed by atoms with Gasteiger partial charge < -0.3 is 14.9 Å². The predicted octanol–water partition coefficient (Wildman–Crippen LogP) is 1.80. The van der Waals surface area contributed by atoms with Crippen molar-refractivity contribution in [1.82, 2.24) is 29.8 Å². The fraction of sp³-hybridized carbons (Fsp3) is 0.429. The standard InChI is InChI=1S/2C7H10N2O2.C4H6O2.C3H4N2/c2*1-6(7(10)11)5-9-4-2-3-8-9;1-3-2-6-4(3)5;1-2-4-5-3-1/h2*2-4,6H,5H2,1H3,(H,10,11);3H,2H2,1H3;1-3H,(H,4,5)/t2*6-;3-;/m000./s1. The zero-order valence-corrected chi connectivity index (χ0v) is 18.8. The van der Waals surface area contributed by atoms with Crippen LogP contribution < -0.4 is 0 Å². The van der Waals surface area contributed by atoms with Crippen LogP contribution in [0, 0.1) is 17.8 Å². The SMILES string of the molecule is C[C@@H](Cn1cccn1)C(=O)O.C[C@@H](Cn1cccn1)C(=O)O.C[C@H]1COC1=O.c1cn[nH]c1. The first kappa shape index (κ1) is 27.1. The molecule has 1 saturated heterocycles. The minimum Gasteiger partial charge on any atom is -0.481 e. The number of aromatic nitrogens is 6. The molecular weight excluding hydrogens is 432 g/mol. The summed E-state index contributed by atoms with van der Waals surface area (Å²) in [7, 11) is 0. The number of aliphatic carboxylic acids is 2. The van der Waals surface area contributed by atoms with Gasteiger partial charge in [-0.05, 0) is 25.1 Å². The maximum absolute atomic E-state index is 10.4. The lowest BCUT2D eigenvalue weighted by Gasteiger charge is -2.19. The van der Waals surface area contributed by atoms with Gasteiger partial charge in [0.25, 0.3) is 0 Å². The van der Waals surface area contributed by atoms with E-state index in [1.54, 1.807) is 72.5 Å². The average molecular weight is 463 g/mol. The van der Waals surface area contributed by atoms with Crippen molar-refractivity contribution in [3.05, 3.63) is 55.4 Å². The highest BCUT2D eigenvalue weighted by molar-refractivity contribution is 5.76. The van der Waals surface area contributed by atoms with Gasteiger partial charge in [-0.1, -0.05) is 13.8 Å². The molecule has 12 heteroatoms. The summed E-state index contributed by atoms with van der Waals surface area (Å²) < 4.78 is 7.62. The maximum atomic E-state index is 10.4. The number of carbonyl (C=O) groups excluding carboxylic acids is 1. The van der Waals surface area contributed by atoms with Gasteiger partial charge >= 0.3 is 17.9 Å². The summed E-state index contributed by atoms with van der Waals surface area (Å²) in [5.74, 6) is -2.23. The number of nitrogens with one attached hydrogen (secondary N) is 1. The molecule has 12 nitrogen and oxygen atoms in total. The molecule has 180 valence electrons. The first-order valence-corrected chi connectivity index (χ1v) is 10.2. The average Bonchev–Trinajstić information content (AvgIpc) is 3.58. The number of ether oxygens (including phenoxy) is 1. The number of hydrogen-bond donors (Lipinski definition) is 3. The molecule has 1 aliphatic heterocycles. The van der Waals surface area contributed by atoms with E-state index < -0.39 is 11.9 Å². The highest BCUT2D eigenvalue weighted by Crippen LogP contribution is 2.08. The Kier molecular flexibility index (Phi) is 12.3. The summed E-state index contributed by atoms with van der Waals surface area (Å²) in [6.07, 6.45) is 10.2. The van der Waals surface area contributed by atoms with E-state index in [0.29, 0.717) is 19.7 Å². The highest BCUT2D eigenvalue weighted by Gasteiger charge is 2.24. The van der Waals surface area contributed by atoms with Crippen LogP contribution in [0.5, 0.6) is 0 Å². The molecule has 0 saturated carbocycles. The lowest BCUT2D eigenvalue weighted by molar-refractivity contribution is -0.166. The number of carboxylic acids is 2. The number of aromatic amines is 1. The van der Waals surface area contributed by atoms with Crippen LogP contribution in [0.1, 0.15) is 20.8 Å². The van der Waals surface area contributed by atoms with Crippen LogP contribution in [0.3, 0.4) is 0 Å². The third kappa shape index (κ3) is 11.9. The Balaban J connectivity index is 0.000000231. The number of nitrogens with zero attached hydrogens (tertiary/aromatic N) is 5. The van der Waals surface area contributed by atoms with Crippen LogP contribution in [0.2, 0.25) is 0 Å². The minimum atomic E-state index is -0.791. The fourth-order valence-electron chi connectivity index (χ4n) is 2.07. The van der Waals surface area contributed by atoms with Crippen molar-refractivity contribution in [2.45, 2.75) is 33.9 Å². The molecule has 0 amide bonds. The Labute approximate surface area is 191 Å². The number of carbonyl (C=O) groups is 3. The van der Waals surface area contributed by atoms with Gasteiger partial charge in [-0.3, -0.25) is 28.8 Å². The molecule has 0 aliphatic carbocycles. The van der Waals surface area contributed by atoms with Gasteiger partial charge in [0.05, 0.1) is 30.8 Å². The molecule has 0 unspecified atom stereocenters. The van der Waals surface area contributed by atoms with E-state index in [9.17, 15) is 14.4 Å². The molecule has 3 N–H and O–H groups in total. The van der Waals surface area contributed by atoms with Crippen molar-refractivity contribution in [3.8, 4) is 0 Å². The van der Waals surface area contributed by atoms with E-state index >= 15 is 0 Å². The van der Waals surface area contributed by atoms with Gasteiger partial charge in [0, 0.05) is 37.2 Å². The molecule has 3 aromatic heterocycles. The molecule has 4 rings (SSSR count). The monoisotopic (exact) mass is 462 g/mol. The lowest BCUT2D eigenvalue weighted by atomic mass is 10.1. The van der Waals surface area contributed by atoms with E-state index in [-0.39, 0.29) is 23.7 Å². The molecule has 33 heavy (non-hydrogen) atoms. The highest BCUT2D eigenvalue weighted by atomic mass is 16.6. The number of H-pyrrole nitrogens is 1. The van der Waals surface area contributed by atoms with E-state index in [1.165, 1.54) is 0 Å². The number of cyclic esters (lactones) is 1. The van der Waals surface area contributed by atoms with E-state index in [2.05, 4.69) is 25.1 Å². The van der Waals surface area contributed by atoms with Crippen molar-refractivity contribution < 1.29 is 29.3 Å². The molecule has 3 aromatic rings. The van der Waals surface area contributed by atoms with Crippen molar-refractivity contribution in [2.24, 2.45) is 17.8 Å². The fourth-order valence-corrected chi connectivity index (χ4v) is 2.07. The summed E-state index contributed by atoms with van der Waals surface area (Å²) in [6.45, 7) is 6.66. The zero-order valence-electron chi connectivity index (χ0n) is 18.8. The Bertz CT molecular complexity index is 842. The smallest absolute Gasteiger partial charge is 0.312 e. The number of rotatable bonds is 6. The normalized spacial score (nSPS) is 15.5. The topological polar surface area (TPSA) is 165 Å². The van der Waals surface area contributed by atoms with Gasteiger partial charge in [-0.15, -0.1) is 0 Å². The Morgan fingerprint density at radius 2 is 1.52 bits per heavy atom. The van der Waals surface area contributed by atoms with Crippen molar-refractivity contribution >= 4 is 17.9 Å². The Morgan fingerprint density at radius 1 is 1.03 bits per heavy atom.